The van der Waals surface area contributed by atoms with Gasteiger partial charge in [-0.05, 0) is 17.6 Å². The maximum absolute atomic E-state index is 4.22. The van der Waals surface area contributed by atoms with E-state index in [1.807, 2.05) is 30.1 Å². The molecule has 2 nitrogen and oxygen atoms in total. The maximum atomic E-state index is 4.22. The number of aryl methyl sites for hydroxylation is 1. The largest absolute Gasteiger partial charge is 0.268 e. The van der Waals surface area contributed by atoms with E-state index in [1.165, 1.54) is 5.56 Å². The van der Waals surface area contributed by atoms with Crippen molar-refractivity contribution < 1.29 is 0 Å². The van der Waals surface area contributed by atoms with Crippen LogP contribution in [0.4, 0.5) is 0 Å². The van der Waals surface area contributed by atoms with E-state index in [2.05, 4.69) is 25.5 Å². The molecule has 0 unspecified atom stereocenters. The summed E-state index contributed by atoms with van der Waals surface area (Å²) in [5, 5.41) is 4.22. The fraction of sp³-hybridized carbons (Fsp3) is 0.364. The zero-order valence-corrected chi connectivity index (χ0v) is 8.49. The lowest BCUT2D eigenvalue weighted by Crippen LogP contribution is -1.95. The second kappa shape index (κ2) is 4.08. The smallest absolute Gasteiger partial charge is 0.0641 e. The minimum atomic E-state index is 0.512. The summed E-state index contributed by atoms with van der Waals surface area (Å²) >= 11 is 0. The number of nitrogens with zero attached hydrogens (tertiary/aromatic N) is 2. The second-order valence-corrected chi connectivity index (χ2v) is 3.36. The third-order valence-corrected chi connectivity index (χ3v) is 2.03. The number of aromatic nitrogens is 2. The van der Waals surface area contributed by atoms with Gasteiger partial charge in [0.1, 0.15) is 0 Å². The van der Waals surface area contributed by atoms with Gasteiger partial charge in [-0.2, -0.15) is 5.10 Å². The Morgan fingerprint density at radius 3 is 2.77 bits per heavy atom. The molecule has 0 radical (unpaired) electrons. The monoisotopic (exact) mass is 176 g/mol. The molecule has 70 valence electrons. The standard InChI is InChI=1S/C11H16N2/c1-5-6-7-11-10(9(2)3)8-12-13(11)4/h5-9H,1H2,2-4H3/b7-6-. The van der Waals surface area contributed by atoms with E-state index in [0.29, 0.717) is 5.92 Å². The molecule has 1 aromatic rings. The molecule has 0 fully saturated rings. The van der Waals surface area contributed by atoms with E-state index < -0.39 is 0 Å². The summed E-state index contributed by atoms with van der Waals surface area (Å²) in [5.41, 5.74) is 2.44. The number of rotatable bonds is 3. The second-order valence-electron chi connectivity index (χ2n) is 3.36. The molecule has 0 aromatic carbocycles. The Bertz CT molecular complexity index is 319. The molecule has 1 heterocycles. The Balaban J connectivity index is 3.08. The van der Waals surface area contributed by atoms with Crippen LogP contribution in [0.3, 0.4) is 0 Å². The lowest BCUT2D eigenvalue weighted by Gasteiger charge is -2.03. The fourth-order valence-electron chi connectivity index (χ4n) is 1.27. The van der Waals surface area contributed by atoms with Crippen molar-refractivity contribution in [3.63, 3.8) is 0 Å². The third kappa shape index (κ3) is 2.08. The van der Waals surface area contributed by atoms with Gasteiger partial charge in [0.05, 0.1) is 11.9 Å². The first-order chi connectivity index (χ1) is 6.16. The molecule has 2 heteroatoms. The van der Waals surface area contributed by atoms with Gasteiger partial charge in [-0.1, -0.05) is 32.6 Å². The average Bonchev–Trinajstić information content (AvgIpc) is 2.43. The van der Waals surface area contributed by atoms with Crippen molar-refractivity contribution in [2.75, 3.05) is 0 Å². The van der Waals surface area contributed by atoms with Gasteiger partial charge in [-0.3, -0.25) is 4.68 Å². The van der Waals surface area contributed by atoms with Crippen LogP contribution in [0.25, 0.3) is 6.08 Å². The molecule has 0 saturated heterocycles. The molecule has 1 aromatic heterocycles. The summed E-state index contributed by atoms with van der Waals surface area (Å²) in [6, 6.07) is 0. The van der Waals surface area contributed by atoms with E-state index in [-0.39, 0.29) is 0 Å². The van der Waals surface area contributed by atoms with Crippen LogP contribution in [0, 0.1) is 0 Å². The summed E-state index contributed by atoms with van der Waals surface area (Å²) in [6.45, 7) is 7.99. The number of hydrogen-bond acceptors (Lipinski definition) is 1. The molecule has 0 aliphatic rings. The van der Waals surface area contributed by atoms with Gasteiger partial charge in [0.25, 0.3) is 0 Å². The summed E-state index contributed by atoms with van der Waals surface area (Å²) in [5.74, 6) is 0.512. The van der Waals surface area contributed by atoms with Crippen molar-refractivity contribution in [2.24, 2.45) is 7.05 Å². The Morgan fingerprint density at radius 1 is 1.54 bits per heavy atom. The van der Waals surface area contributed by atoms with Crippen molar-refractivity contribution in [3.8, 4) is 0 Å². The van der Waals surface area contributed by atoms with Gasteiger partial charge >= 0.3 is 0 Å². The number of allylic oxidation sites excluding steroid dienone is 2. The van der Waals surface area contributed by atoms with Crippen molar-refractivity contribution in [1.29, 1.82) is 0 Å². The molecule has 0 atom stereocenters. The van der Waals surface area contributed by atoms with Crippen LogP contribution in [0.2, 0.25) is 0 Å². The van der Waals surface area contributed by atoms with Crippen LogP contribution in [0.15, 0.2) is 24.9 Å². The molecule has 0 spiro atoms. The first-order valence-corrected chi connectivity index (χ1v) is 4.47. The summed E-state index contributed by atoms with van der Waals surface area (Å²) in [6.07, 6.45) is 7.67. The summed E-state index contributed by atoms with van der Waals surface area (Å²) in [4.78, 5) is 0. The maximum Gasteiger partial charge on any atom is 0.0641 e. The Labute approximate surface area is 79.6 Å². The van der Waals surface area contributed by atoms with Gasteiger partial charge < -0.3 is 0 Å². The highest BCUT2D eigenvalue weighted by molar-refractivity contribution is 5.51. The van der Waals surface area contributed by atoms with Crippen molar-refractivity contribution in [2.45, 2.75) is 19.8 Å². The minimum absolute atomic E-state index is 0.512. The predicted octanol–water partition coefficient (Wildman–Crippen LogP) is 2.74. The van der Waals surface area contributed by atoms with E-state index in [0.717, 1.165) is 5.69 Å². The van der Waals surface area contributed by atoms with Crippen LogP contribution in [-0.4, -0.2) is 9.78 Å². The van der Waals surface area contributed by atoms with Crippen LogP contribution >= 0.6 is 0 Å². The molecule has 13 heavy (non-hydrogen) atoms. The molecule has 0 aliphatic carbocycles. The lowest BCUT2D eigenvalue weighted by atomic mass is 10.0. The molecular formula is C11H16N2. The summed E-state index contributed by atoms with van der Waals surface area (Å²) < 4.78 is 1.88. The SMILES string of the molecule is C=C/C=C\c1c(C(C)C)cnn1C. The molecule has 0 saturated carbocycles. The number of hydrogen-bond donors (Lipinski definition) is 0. The van der Waals surface area contributed by atoms with Crippen molar-refractivity contribution in [1.82, 2.24) is 9.78 Å². The quantitative estimate of drug-likeness (QED) is 0.647. The molecule has 0 bridgehead atoms. The zero-order chi connectivity index (χ0) is 9.84. The molecule has 1 rings (SSSR count). The molecule has 0 aliphatic heterocycles. The average molecular weight is 176 g/mol. The highest BCUT2D eigenvalue weighted by Gasteiger charge is 2.08. The normalized spacial score (nSPS) is 11.4. The molecule has 0 N–H and O–H groups in total. The Morgan fingerprint density at radius 2 is 2.23 bits per heavy atom. The highest BCUT2D eigenvalue weighted by Crippen LogP contribution is 2.19. The minimum Gasteiger partial charge on any atom is -0.268 e. The predicted molar refractivity (Wildman–Crippen MR) is 56.5 cm³/mol. The van der Waals surface area contributed by atoms with E-state index in [4.69, 9.17) is 0 Å². The van der Waals surface area contributed by atoms with Crippen molar-refractivity contribution in [3.05, 3.63) is 36.2 Å². The van der Waals surface area contributed by atoms with Crippen LogP contribution in [0.1, 0.15) is 31.0 Å². The zero-order valence-electron chi connectivity index (χ0n) is 8.49. The fourth-order valence-corrected chi connectivity index (χ4v) is 1.27. The van der Waals surface area contributed by atoms with Crippen LogP contribution in [-0.2, 0) is 7.05 Å². The van der Waals surface area contributed by atoms with Crippen molar-refractivity contribution >= 4 is 6.08 Å². The van der Waals surface area contributed by atoms with E-state index in [9.17, 15) is 0 Å². The lowest BCUT2D eigenvalue weighted by molar-refractivity contribution is 0.755. The first-order valence-electron chi connectivity index (χ1n) is 4.47. The van der Waals surface area contributed by atoms with Gasteiger partial charge in [-0.15, -0.1) is 0 Å². The Hall–Kier alpha value is -1.31. The highest BCUT2D eigenvalue weighted by atomic mass is 15.3. The summed E-state index contributed by atoms with van der Waals surface area (Å²) in [7, 11) is 1.95. The third-order valence-electron chi connectivity index (χ3n) is 2.03. The van der Waals surface area contributed by atoms with Gasteiger partial charge in [0, 0.05) is 7.05 Å². The van der Waals surface area contributed by atoms with Crippen LogP contribution < -0.4 is 0 Å². The van der Waals surface area contributed by atoms with Gasteiger partial charge in [0.2, 0.25) is 0 Å². The topological polar surface area (TPSA) is 17.8 Å². The Kier molecular flexibility index (Phi) is 3.07. The van der Waals surface area contributed by atoms with Gasteiger partial charge in [0.15, 0.2) is 0 Å². The van der Waals surface area contributed by atoms with E-state index >= 15 is 0 Å². The first kappa shape index (κ1) is 9.78. The van der Waals surface area contributed by atoms with Gasteiger partial charge in [-0.25, -0.2) is 0 Å². The van der Waals surface area contributed by atoms with Crippen LogP contribution in [0.5, 0.6) is 0 Å². The molecular weight excluding hydrogens is 160 g/mol. The van der Waals surface area contributed by atoms with E-state index in [1.54, 1.807) is 6.08 Å². The molecule has 0 amide bonds.